The Morgan fingerprint density at radius 2 is 1.60 bits per heavy atom. The van der Waals surface area contributed by atoms with E-state index in [2.05, 4.69) is 39.0 Å². The molecule has 3 spiro atoms. The van der Waals surface area contributed by atoms with E-state index in [1.165, 1.54) is 5.57 Å². The van der Waals surface area contributed by atoms with Gasteiger partial charge in [0.1, 0.15) is 0 Å². The molecule has 9 aliphatic rings. The number of carbonyl (C=O) groups excluding carboxylic acids is 1. The van der Waals surface area contributed by atoms with Crippen LogP contribution in [0.2, 0.25) is 0 Å². The van der Waals surface area contributed by atoms with Crippen LogP contribution in [0.1, 0.15) is 124 Å². The summed E-state index contributed by atoms with van der Waals surface area (Å²) < 4.78 is 0. The van der Waals surface area contributed by atoms with Crippen molar-refractivity contribution in [3.05, 3.63) is 23.8 Å². The zero-order valence-corrected chi connectivity index (χ0v) is 29.3. The Morgan fingerprint density at radius 1 is 0.851 bits per heavy atom. The number of rotatable bonds is 2. The molecule has 6 nitrogen and oxygen atoms in total. The quantitative estimate of drug-likeness (QED) is 0.239. The van der Waals surface area contributed by atoms with Gasteiger partial charge in [0.2, 0.25) is 0 Å². The number of carbonyl (C=O) groups is 1. The first kappa shape index (κ1) is 31.9. The summed E-state index contributed by atoms with van der Waals surface area (Å²) in [5, 5.41) is 59.5. The first-order valence-corrected chi connectivity index (χ1v) is 19.5. The van der Waals surface area contributed by atoms with E-state index in [1.807, 2.05) is 6.92 Å². The number of aliphatic hydroxyl groups excluding tert-OH is 4. The van der Waals surface area contributed by atoms with Crippen molar-refractivity contribution < 1.29 is 30.3 Å². The zero-order valence-electron chi connectivity index (χ0n) is 29.3. The molecule has 7 fully saturated rings. The molecule has 4 bridgehead atoms. The fraction of sp³-hybridized carbons (Fsp3) is 0.878. The number of allylic oxidation sites excluding steroid dienone is 3. The van der Waals surface area contributed by atoms with Gasteiger partial charge in [-0.2, -0.15) is 0 Å². The highest BCUT2D eigenvalue weighted by Crippen LogP contribution is 2.86. The number of hydrogen-bond acceptors (Lipinski definition) is 6. The molecule has 0 heterocycles. The lowest BCUT2D eigenvalue weighted by atomic mass is 9.23. The highest BCUT2D eigenvalue weighted by molar-refractivity contribution is 5.96. The third-order valence-electron chi connectivity index (χ3n) is 18.6. The summed E-state index contributed by atoms with van der Waals surface area (Å²) in [6, 6.07) is 0. The second kappa shape index (κ2) is 9.43. The highest BCUT2D eigenvalue weighted by atomic mass is 16.3. The second-order valence-electron chi connectivity index (χ2n) is 19.9. The van der Waals surface area contributed by atoms with E-state index in [0.717, 1.165) is 83.5 Å². The van der Waals surface area contributed by atoms with E-state index in [-0.39, 0.29) is 51.1 Å². The van der Waals surface area contributed by atoms with Crippen molar-refractivity contribution in [1.29, 1.82) is 0 Å². The smallest absolute Gasteiger partial charge is 0.159 e. The lowest BCUT2D eigenvalue weighted by molar-refractivity contribution is -0.338. The molecule has 0 aromatic heterocycles. The molecule has 260 valence electrons. The molecule has 0 radical (unpaired) electrons. The van der Waals surface area contributed by atoms with Crippen LogP contribution < -0.4 is 0 Å². The Hall–Kier alpha value is -1.05. The Kier molecular flexibility index (Phi) is 6.40. The van der Waals surface area contributed by atoms with Crippen LogP contribution in [0.5, 0.6) is 0 Å². The average Bonchev–Trinajstić information content (AvgIpc) is 3.38. The first-order valence-electron chi connectivity index (χ1n) is 19.5. The van der Waals surface area contributed by atoms with E-state index >= 15 is 4.79 Å². The molecule has 0 aromatic rings. The SMILES string of the molecule is CC1(C)CC2C3=CC(=O)C4C56CCCCC4(CCC5C(C)(C(O)CO)C(O)CC6)C3(C)C3CCC(O)C24C3(O)C=CC2CCCC24C1. The molecule has 0 amide bonds. The Bertz CT molecular complexity index is 1440. The molecular weight excluding hydrogens is 588 g/mol. The summed E-state index contributed by atoms with van der Waals surface area (Å²) in [5.41, 5.74) is -2.69. The molecule has 15 unspecified atom stereocenters. The molecule has 9 aliphatic carbocycles. The zero-order chi connectivity index (χ0) is 33.2. The number of hydrogen-bond donors (Lipinski definition) is 5. The average molecular weight is 649 g/mol. The maximum atomic E-state index is 15.4. The molecule has 7 saturated carbocycles. The summed E-state index contributed by atoms with van der Waals surface area (Å²) in [4.78, 5) is 15.4. The molecular formula is C41H60O6. The minimum atomic E-state index is -1.14. The van der Waals surface area contributed by atoms with Crippen LogP contribution in [0.15, 0.2) is 23.8 Å². The fourth-order valence-corrected chi connectivity index (χ4v) is 17.5. The number of aliphatic hydroxyl groups is 5. The molecule has 6 heteroatoms. The Morgan fingerprint density at radius 3 is 2.36 bits per heavy atom. The van der Waals surface area contributed by atoms with Gasteiger partial charge in [-0.15, -0.1) is 0 Å². The van der Waals surface area contributed by atoms with E-state index < -0.39 is 46.8 Å². The summed E-state index contributed by atoms with van der Waals surface area (Å²) in [5.74, 6) is 0.163. The molecule has 0 saturated heterocycles. The van der Waals surface area contributed by atoms with Crippen LogP contribution >= 0.6 is 0 Å². The third-order valence-corrected chi connectivity index (χ3v) is 18.6. The number of fused-ring (bicyclic) bond motifs is 3. The predicted molar refractivity (Wildman–Crippen MR) is 179 cm³/mol. The van der Waals surface area contributed by atoms with Crippen molar-refractivity contribution >= 4 is 5.78 Å². The van der Waals surface area contributed by atoms with Gasteiger partial charge in [0, 0.05) is 28.1 Å². The van der Waals surface area contributed by atoms with E-state index in [1.54, 1.807) is 0 Å². The van der Waals surface area contributed by atoms with Gasteiger partial charge in [-0.05, 0) is 123 Å². The standard InChI is InChI=1S/C41H60O6/c1-34(2)21-26-25-20-27(43)33-37-14-5-6-15-38(33,18-12-28(37)35(3,32(46)22-42)30(44)13-17-37)36(25,4)29-9-10-31(45)41(26)39(23-34)16-7-8-24(39)11-19-40(29,41)47/h11,19-20,24,26,28-33,42,44-47H,5-10,12-18,21-23H2,1-4H3. The normalized spacial score (nSPS) is 59.0. The summed E-state index contributed by atoms with van der Waals surface area (Å²) in [6.07, 6.45) is 17.9. The van der Waals surface area contributed by atoms with E-state index in [4.69, 9.17) is 0 Å². The van der Waals surface area contributed by atoms with Gasteiger partial charge in [0.15, 0.2) is 5.78 Å². The monoisotopic (exact) mass is 648 g/mol. The van der Waals surface area contributed by atoms with Crippen molar-refractivity contribution in [2.24, 2.45) is 67.5 Å². The van der Waals surface area contributed by atoms with Crippen molar-refractivity contribution in [3.8, 4) is 0 Å². The summed E-state index contributed by atoms with van der Waals surface area (Å²) in [6.45, 7) is 8.85. The van der Waals surface area contributed by atoms with Gasteiger partial charge < -0.3 is 25.5 Å². The van der Waals surface area contributed by atoms with Crippen molar-refractivity contribution in [2.45, 2.75) is 148 Å². The topological polar surface area (TPSA) is 118 Å². The lowest BCUT2D eigenvalue weighted by Gasteiger charge is -2.81. The fourth-order valence-electron chi connectivity index (χ4n) is 17.5. The summed E-state index contributed by atoms with van der Waals surface area (Å²) in [7, 11) is 0. The van der Waals surface area contributed by atoms with Crippen LogP contribution in [-0.2, 0) is 4.79 Å². The number of ketones is 1. The molecule has 5 N–H and O–H groups in total. The van der Waals surface area contributed by atoms with Gasteiger partial charge in [0.05, 0.1) is 30.5 Å². The van der Waals surface area contributed by atoms with Crippen molar-refractivity contribution in [1.82, 2.24) is 0 Å². The maximum Gasteiger partial charge on any atom is 0.159 e. The van der Waals surface area contributed by atoms with Gasteiger partial charge in [-0.3, -0.25) is 4.79 Å². The summed E-state index contributed by atoms with van der Waals surface area (Å²) >= 11 is 0. The molecule has 47 heavy (non-hydrogen) atoms. The second-order valence-corrected chi connectivity index (χ2v) is 19.9. The van der Waals surface area contributed by atoms with Gasteiger partial charge in [-0.1, -0.05) is 64.7 Å². The van der Waals surface area contributed by atoms with Crippen LogP contribution in [-0.4, -0.2) is 61.8 Å². The molecule has 0 aromatic carbocycles. The largest absolute Gasteiger partial charge is 0.394 e. The molecule has 0 aliphatic heterocycles. The molecule has 9 rings (SSSR count). The van der Waals surface area contributed by atoms with E-state index in [9.17, 15) is 25.5 Å². The lowest BCUT2D eigenvalue weighted by Crippen LogP contribution is -2.82. The van der Waals surface area contributed by atoms with Gasteiger partial charge >= 0.3 is 0 Å². The molecule has 15 atom stereocenters. The minimum Gasteiger partial charge on any atom is -0.394 e. The Balaban J connectivity index is 1.31. The highest BCUT2D eigenvalue weighted by Gasteiger charge is 2.85. The van der Waals surface area contributed by atoms with Gasteiger partial charge in [0.25, 0.3) is 0 Å². The van der Waals surface area contributed by atoms with Crippen LogP contribution in [0.4, 0.5) is 0 Å². The Labute approximate surface area is 281 Å². The van der Waals surface area contributed by atoms with Crippen molar-refractivity contribution in [2.75, 3.05) is 6.61 Å². The van der Waals surface area contributed by atoms with Crippen molar-refractivity contribution in [3.63, 3.8) is 0 Å². The van der Waals surface area contributed by atoms with E-state index in [0.29, 0.717) is 18.8 Å². The predicted octanol–water partition coefficient (Wildman–Crippen LogP) is 5.88. The maximum absolute atomic E-state index is 15.4. The van der Waals surface area contributed by atoms with Gasteiger partial charge in [-0.25, -0.2) is 0 Å². The first-order chi connectivity index (χ1) is 22.2. The van der Waals surface area contributed by atoms with Crippen LogP contribution in [0.25, 0.3) is 0 Å². The van der Waals surface area contributed by atoms with Crippen LogP contribution in [0.3, 0.4) is 0 Å². The third kappa shape index (κ3) is 3.16. The minimum absolute atomic E-state index is 0.0258. The van der Waals surface area contributed by atoms with Crippen LogP contribution in [0, 0.1) is 67.5 Å².